The Bertz CT molecular complexity index is 686. The molecule has 4 nitrogen and oxygen atoms in total. The van der Waals surface area contributed by atoms with E-state index in [0.717, 1.165) is 10.0 Å². The predicted octanol–water partition coefficient (Wildman–Crippen LogP) is 4.26. The minimum Gasteiger partial charge on any atom is -0.493 e. The van der Waals surface area contributed by atoms with Crippen LogP contribution in [0.2, 0.25) is 0 Å². The Balaban J connectivity index is 2.26. The number of hydrogen-bond donors (Lipinski definition) is 0. The van der Waals surface area contributed by atoms with Crippen LogP contribution in [0.15, 0.2) is 39.2 Å². The summed E-state index contributed by atoms with van der Waals surface area (Å²) < 4.78 is 16.5. The first kappa shape index (κ1) is 15.4. The van der Waals surface area contributed by atoms with Crippen LogP contribution in [0.4, 0.5) is 0 Å². The summed E-state index contributed by atoms with van der Waals surface area (Å²) in [5, 5.41) is 0. The van der Waals surface area contributed by atoms with Crippen molar-refractivity contribution in [1.82, 2.24) is 0 Å². The molecule has 0 aliphatic rings. The first-order valence-corrected chi connectivity index (χ1v) is 7.05. The van der Waals surface area contributed by atoms with Gasteiger partial charge in [-0.25, -0.2) is 0 Å². The molecule has 110 valence electrons. The fourth-order valence-corrected chi connectivity index (χ4v) is 2.27. The average molecular weight is 351 g/mol. The summed E-state index contributed by atoms with van der Waals surface area (Å²) in [4.78, 5) is 12.0. The van der Waals surface area contributed by atoms with E-state index >= 15 is 0 Å². The number of methoxy groups -OCH3 is 2. The summed E-state index contributed by atoms with van der Waals surface area (Å²) in [6, 6.07) is 7.00. The third-order valence-electron chi connectivity index (χ3n) is 2.90. The van der Waals surface area contributed by atoms with E-state index in [1.807, 2.05) is 0 Å². The number of carbonyl (C=O) groups is 1. The van der Waals surface area contributed by atoms with E-state index in [9.17, 15) is 4.79 Å². The Labute approximate surface area is 131 Å². The van der Waals surface area contributed by atoms with Crippen molar-refractivity contribution in [3.05, 3.63) is 51.9 Å². The monoisotopic (exact) mass is 350 g/mol. The Morgan fingerprint density at radius 3 is 2.43 bits per heavy atom. The molecule has 0 aliphatic heterocycles. The number of ketones is 1. The van der Waals surface area contributed by atoms with Crippen LogP contribution in [0.1, 0.15) is 21.9 Å². The summed E-state index contributed by atoms with van der Waals surface area (Å²) in [5.41, 5.74) is 0.810. The second-order valence-corrected chi connectivity index (χ2v) is 5.19. The molecule has 0 amide bonds. The molecular formula is C16H15BrO4. The zero-order valence-corrected chi connectivity index (χ0v) is 13.6. The standard InChI is InChI=1S/C16H15BrO4/c1-10-4-7-14(21-10)13(18)6-5-11-8-15(19-2)16(20-3)9-12(11)17/h4-9H,1-3H3/b6-5+. The van der Waals surface area contributed by atoms with Crippen molar-refractivity contribution in [3.8, 4) is 11.5 Å². The summed E-state index contributed by atoms with van der Waals surface area (Å²) in [6.45, 7) is 1.80. The smallest absolute Gasteiger partial charge is 0.221 e. The van der Waals surface area contributed by atoms with Gasteiger partial charge in [0, 0.05) is 4.47 Å². The Kier molecular flexibility index (Phi) is 4.85. The second kappa shape index (κ2) is 6.63. The average Bonchev–Trinajstić information content (AvgIpc) is 2.91. The Morgan fingerprint density at radius 1 is 1.19 bits per heavy atom. The molecule has 5 heteroatoms. The molecular weight excluding hydrogens is 336 g/mol. The van der Waals surface area contributed by atoms with Crippen LogP contribution in [0, 0.1) is 6.92 Å². The third-order valence-corrected chi connectivity index (χ3v) is 3.59. The number of hydrogen-bond acceptors (Lipinski definition) is 4. The van der Waals surface area contributed by atoms with Gasteiger partial charge in [0.2, 0.25) is 5.78 Å². The highest BCUT2D eigenvalue weighted by Gasteiger charge is 2.09. The highest BCUT2D eigenvalue weighted by molar-refractivity contribution is 9.10. The van der Waals surface area contributed by atoms with Crippen LogP contribution in [0.5, 0.6) is 11.5 Å². The molecule has 1 heterocycles. The van der Waals surface area contributed by atoms with E-state index in [4.69, 9.17) is 13.9 Å². The van der Waals surface area contributed by atoms with Gasteiger partial charge in [-0.3, -0.25) is 4.79 Å². The van der Waals surface area contributed by atoms with Gasteiger partial charge in [0.1, 0.15) is 5.76 Å². The summed E-state index contributed by atoms with van der Waals surface area (Å²) in [5.74, 6) is 2.06. The zero-order valence-electron chi connectivity index (χ0n) is 12.0. The van der Waals surface area contributed by atoms with Crippen molar-refractivity contribution in [2.24, 2.45) is 0 Å². The highest BCUT2D eigenvalue weighted by Crippen LogP contribution is 2.33. The van der Waals surface area contributed by atoms with Crippen LogP contribution in [-0.4, -0.2) is 20.0 Å². The van der Waals surface area contributed by atoms with Crippen LogP contribution in [0.25, 0.3) is 6.08 Å². The van der Waals surface area contributed by atoms with Gasteiger partial charge in [-0.05, 0) is 48.9 Å². The lowest BCUT2D eigenvalue weighted by atomic mass is 10.1. The van der Waals surface area contributed by atoms with Crippen molar-refractivity contribution in [2.75, 3.05) is 14.2 Å². The molecule has 0 radical (unpaired) electrons. The van der Waals surface area contributed by atoms with Gasteiger partial charge < -0.3 is 13.9 Å². The van der Waals surface area contributed by atoms with Gasteiger partial charge in [0.25, 0.3) is 0 Å². The van der Waals surface area contributed by atoms with Gasteiger partial charge in [-0.15, -0.1) is 0 Å². The van der Waals surface area contributed by atoms with Crippen molar-refractivity contribution >= 4 is 27.8 Å². The van der Waals surface area contributed by atoms with Crippen molar-refractivity contribution in [1.29, 1.82) is 0 Å². The van der Waals surface area contributed by atoms with Crippen molar-refractivity contribution < 1.29 is 18.7 Å². The zero-order chi connectivity index (χ0) is 15.4. The maximum absolute atomic E-state index is 12.0. The van der Waals surface area contributed by atoms with Crippen LogP contribution in [-0.2, 0) is 0 Å². The first-order chi connectivity index (χ1) is 10.0. The minimum atomic E-state index is -0.190. The maximum Gasteiger partial charge on any atom is 0.221 e. The summed E-state index contributed by atoms with van der Waals surface area (Å²) >= 11 is 3.44. The van der Waals surface area contributed by atoms with E-state index in [1.54, 1.807) is 51.5 Å². The molecule has 0 atom stereocenters. The van der Waals surface area contributed by atoms with Gasteiger partial charge in [-0.2, -0.15) is 0 Å². The second-order valence-electron chi connectivity index (χ2n) is 4.34. The summed E-state index contributed by atoms with van der Waals surface area (Å²) in [7, 11) is 3.14. The lowest BCUT2D eigenvalue weighted by Gasteiger charge is -2.09. The molecule has 0 saturated heterocycles. The summed E-state index contributed by atoms with van der Waals surface area (Å²) in [6.07, 6.45) is 3.16. The maximum atomic E-state index is 12.0. The van der Waals surface area contributed by atoms with E-state index in [1.165, 1.54) is 6.08 Å². The molecule has 0 aliphatic carbocycles. The molecule has 2 rings (SSSR count). The van der Waals surface area contributed by atoms with Crippen LogP contribution >= 0.6 is 15.9 Å². The Hall–Kier alpha value is -2.01. The molecule has 21 heavy (non-hydrogen) atoms. The van der Waals surface area contributed by atoms with Crippen LogP contribution in [0.3, 0.4) is 0 Å². The highest BCUT2D eigenvalue weighted by atomic mass is 79.9. The fourth-order valence-electron chi connectivity index (χ4n) is 1.81. The molecule has 1 aromatic heterocycles. The lowest BCUT2D eigenvalue weighted by Crippen LogP contribution is -1.93. The quantitative estimate of drug-likeness (QED) is 0.596. The number of carbonyl (C=O) groups excluding carboxylic acids is 1. The van der Waals surface area contributed by atoms with E-state index in [-0.39, 0.29) is 5.78 Å². The SMILES string of the molecule is COc1cc(Br)c(/C=C/C(=O)c2ccc(C)o2)cc1OC. The number of benzene rings is 1. The Morgan fingerprint density at radius 2 is 1.86 bits per heavy atom. The molecule has 1 aromatic carbocycles. The number of aryl methyl sites for hydroxylation is 1. The van der Waals surface area contributed by atoms with Gasteiger partial charge in [0.05, 0.1) is 14.2 Å². The fraction of sp³-hybridized carbons (Fsp3) is 0.188. The van der Waals surface area contributed by atoms with Crippen molar-refractivity contribution in [3.63, 3.8) is 0 Å². The number of furan rings is 1. The lowest BCUT2D eigenvalue weighted by molar-refractivity contribution is 0.102. The topological polar surface area (TPSA) is 48.7 Å². The minimum absolute atomic E-state index is 0.190. The van der Waals surface area contributed by atoms with Gasteiger partial charge in [0.15, 0.2) is 17.3 Å². The van der Waals surface area contributed by atoms with Gasteiger partial charge >= 0.3 is 0 Å². The number of halogens is 1. The largest absolute Gasteiger partial charge is 0.493 e. The molecule has 0 N–H and O–H groups in total. The van der Waals surface area contributed by atoms with Crippen LogP contribution < -0.4 is 9.47 Å². The number of rotatable bonds is 5. The molecule has 0 fully saturated rings. The van der Waals surface area contributed by atoms with Crippen molar-refractivity contribution in [2.45, 2.75) is 6.92 Å². The van der Waals surface area contributed by atoms with E-state index in [2.05, 4.69) is 15.9 Å². The molecule has 0 spiro atoms. The number of allylic oxidation sites excluding steroid dienone is 1. The molecule has 0 unspecified atom stereocenters. The molecule has 0 bridgehead atoms. The molecule has 2 aromatic rings. The normalized spacial score (nSPS) is 10.9. The molecule has 0 saturated carbocycles. The first-order valence-electron chi connectivity index (χ1n) is 6.25. The van der Waals surface area contributed by atoms with E-state index < -0.39 is 0 Å². The van der Waals surface area contributed by atoms with E-state index in [0.29, 0.717) is 23.0 Å². The third kappa shape index (κ3) is 3.55. The number of ether oxygens (including phenoxy) is 2. The van der Waals surface area contributed by atoms with Gasteiger partial charge in [-0.1, -0.05) is 15.9 Å². The predicted molar refractivity (Wildman–Crippen MR) is 84.1 cm³/mol.